The molecule has 0 atom stereocenters. The van der Waals surface area contributed by atoms with E-state index in [0.29, 0.717) is 11.7 Å². The van der Waals surface area contributed by atoms with Crippen LogP contribution in [0.5, 0.6) is 0 Å². The first-order valence-electron chi connectivity index (χ1n) is 8.11. The number of benzene rings is 1. The Morgan fingerprint density at radius 2 is 2.16 bits per heavy atom. The number of thiazole rings is 1. The molecule has 25 heavy (non-hydrogen) atoms. The zero-order valence-corrected chi connectivity index (χ0v) is 15.5. The highest BCUT2D eigenvalue weighted by Gasteiger charge is 2.22. The van der Waals surface area contributed by atoms with Crippen LogP contribution in [0.25, 0.3) is 11.3 Å². The van der Waals surface area contributed by atoms with Gasteiger partial charge in [0.1, 0.15) is 0 Å². The Bertz CT molecular complexity index is 936. The van der Waals surface area contributed by atoms with Gasteiger partial charge in [-0.15, -0.1) is 11.3 Å². The minimum absolute atomic E-state index is 0.00774. The fraction of sp³-hybridized carbons (Fsp3) is 0.278. The fourth-order valence-electron chi connectivity index (χ4n) is 3.11. The number of H-pyrrole nitrogens is 1. The molecule has 5 nitrogen and oxygen atoms in total. The van der Waals surface area contributed by atoms with Crippen molar-refractivity contribution < 1.29 is 0 Å². The van der Waals surface area contributed by atoms with E-state index in [9.17, 15) is 4.79 Å². The number of nitrogens with one attached hydrogen (secondary N) is 1. The maximum atomic E-state index is 12.3. The van der Waals surface area contributed by atoms with Gasteiger partial charge in [0.15, 0.2) is 5.16 Å². The van der Waals surface area contributed by atoms with Gasteiger partial charge in [-0.1, -0.05) is 42.1 Å². The maximum Gasteiger partial charge on any atom is 0.256 e. The van der Waals surface area contributed by atoms with Crippen molar-refractivity contribution in [2.45, 2.75) is 24.7 Å². The second-order valence-electron chi connectivity index (χ2n) is 5.95. The summed E-state index contributed by atoms with van der Waals surface area (Å²) in [5.41, 5.74) is 5.81. The van der Waals surface area contributed by atoms with Crippen LogP contribution in [-0.2, 0) is 19.5 Å². The summed E-state index contributed by atoms with van der Waals surface area (Å²) in [6.45, 7) is 2.35. The molecular weight excluding hydrogens is 352 g/mol. The molecule has 0 fully saturated rings. The van der Waals surface area contributed by atoms with Gasteiger partial charge in [-0.25, -0.2) is 9.97 Å². The average Bonchev–Trinajstić information content (AvgIpc) is 3.11. The van der Waals surface area contributed by atoms with E-state index in [4.69, 9.17) is 0 Å². The molecule has 1 aromatic carbocycles. The molecule has 128 valence electrons. The number of aromatic amines is 1. The van der Waals surface area contributed by atoms with Crippen LogP contribution < -0.4 is 5.56 Å². The Balaban J connectivity index is 1.57. The van der Waals surface area contributed by atoms with Gasteiger partial charge in [-0.05, 0) is 6.26 Å². The molecule has 0 amide bonds. The molecule has 0 spiro atoms. The number of fused-ring (bicyclic) bond motifs is 1. The van der Waals surface area contributed by atoms with Gasteiger partial charge in [0, 0.05) is 36.5 Å². The number of aromatic nitrogens is 3. The molecule has 0 bridgehead atoms. The van der Waals surface area contributed by atoms with Gasteiger partial charge in [-0.3, -0.25) is 9.69 Å². The van der Waals surface area contributed by atoms with Crippen LogP contribution in [0.2, 0.25) is 0 Å². The van der Waals surface area contributed by atoms with Gasteiger partial charge in [0.2, 0.25) is 0 Å². The lowest BCUT2D eigenvalue weighted by atomic mass is 10.1. The van der Waals surface area contributed by atoms with Crippen LogP contribution in [0.4, 0.5) is 0 Å². The molecule has 7 heteroatoms. The molecule has 0 saturated carbocycles. The van der Waals surface area contributed by atoms with Crippen LogP contribution in [-0.4, -0.2) is 32.7 Å². The number of nitrogens with zero attached hydrogens (tertiary/aromatic N) is 3. The maximum absolute atomic E-state index is 12.3. The summed E-state index contributed by atoms with van der Waals surface area (Å²) < 4.78 is 0. The Hall–Kier alpha value is -1.96. The summed E-state index contributed by atoms with van der Waals surface area (Å²) in [5.74, 6) is 0. The Morgan fingerprint density at radius 3 is 2.96 bits per heavy atom. The summed E-state index contributed by atoms with van der Waals surface area (Å²) >= 11 is 3.14. The van der Waals surface area contributed by atoms with Crippen LogP contribution in [0.15, 0.2) is 45.8 Å². The van der Waals surface area contributed by atoms with Gasteiger partial charge >= 0.3 is 0 Å². The summed E-state index contributed by atoms with van der Waals surface area (Å²) in [5, 5.41) is 0.700. The molecule has 2 aromatic heterocycles. The smallest absolute Gasteiger partial charge is 0.256 e. The van der Waals surface area contributed by atoms with Gasteiger partial charge in [-0.2, -0.15) is 0 Å². The number of hydrogen-bond acceptors (Lipinski definition) is 6. The molecular formula is C18H18N4OS2. The monoisotopic (exact) mass is 370 g/mol. The molecule has 4 rings (SSSR count). The third-order valence-electron chi connectivity index (χ3n) is 4.37. The van der Waals surface area contributed by atoms with E-state index in [1.165, 1.54) is 16.6 Å². The standard InChI is InChI=1S/C18H18N4OS2/c1-24-18-20-14-7-8-22(9-13(14)17(23)21-18)10-15-16(19-11-25-15)12-5-3-2-4-6-12/h2-6,11H,7-10H2,1H3,(H,20,21,23). The second-order valence-corrected chi connectivity index (χ2v) is 7.69. The lowest BCUT2D eigenvalue weighted by molar-refractivity contribution is 0.243. The van der Waals surface area contributed by atoms with Crippen LogP contribution in [0.1, 0.15) is 16.1 Å². The molecule has 0 radical (unpaired) electrons. The van der Waals surface area contributed by atoms with E-state index >= 15 is 0 Å². The first-order chi connectivity index (χ1) is 12.2. The van der Waals surface area contributed by atoms with Crippen molar-refractivity contribution in [3.63, 3.8) is 0 Å². The van der Waals surface area contributed by atoms with Gasteiger partial charge < -0.3 is 4.98 Å². The van der Waals surface area contributed by atoms with E-state index in [1.807, 2.05) is 30.0 Å². The average molecular weight is 371 g/mol. The molecule has 3 heterocycles. The van der Waals surface area contributed by atoms with E-state index < -0.39 is 0 Å². The number of hydrogen-bond donors (Lipinski definition) is 1. The third kappa shape index (κ3) is 3.40. The molecule has 0 unspecified atom stereocenters. The van der Waals surface area contributed by atoms with Gasteiger partial charge in [0.25, 0.3) is 5.56 Å². The highest BCUT2D eigenvalue weighted by Crippen LogP contribution is 2.28. The van der Waals surface area contributed by atoms with Crippen molar-refractivity contribution in [3.05, 3.63) is 62.3 Å². The van der Waals surface area contributed by atoms with E-state index in [-0.39, 0.29) is 5.56 Å². The van der Waals surface area contributed by atoms with E-state index in [1.54, 1.807) is 11.3 Å². The van der Waals surface area contributed by atoms with Gasteiger partial charge in [0.05, 0.1) is 22.5 Å². The zero-order chi connectivity index (χ0) is 17.2. The summed E-state index contributed by atoms with van der Waals surface area (Å²) in [4.78, 5) is 27.8. The van der Waals surface area contributed by atoms with Crippen molar-refractivity contribution in [2.24, 2.45) is 0 Å². The highest BCUT2D eigenvalue weighted by atomic mass is 32.2. The quantitative estimate of drug-likeness (QED) is 0.565. The predicted octanol–water partition coefficient (Wildman–Crippen LogP) is 3.17. The third-order valence-corrected chi connectivity index (χ3v) is 5.77. The van der Waals surface area contributed by atoms with E-state index in [2.05, 4.69) is 32.0 Å². The minimum atomic E-state index is -0.00774. The SMILES string of the molecule is CSc1nc2c(c(=O)[nH]1)CN(Cc1scnc1-c1ccccc1)CC2. The van der Waals surface area contributed by atoms with Crippen LogP contribution in [0.3, 0.4) is 0 Å². The minimum Gasteiger partial charge on any atom is -0.301 e. The van der Waals surface area contributed by atoms with Crippen molar-refractivity contribution in [1.29, 1.82) is 0 Å². The van der Waals surface area contributed by atoms with E-state index in [0.717, 1.165) is 42.0 Å². The summed E-state index contributed by atoms with van der Waals surface area (Å²) in [7, 11) is 0. The molecule has 0 aliphatic carbocycles. The Kier molecular flexibility index (Phi) is 4.70. The number of rotatable bonds is 4. The van der Waals surface area contributed by atoms with Crippen molar-refractivity contribution in [1.82, 2.24) is 19.9 Å². The summed E-state index contributed by atoms with van der Waals surface area (Å²) in [6.07, 6.45) is 2.74. The van der Waals surface area contributed by atoms with Crippen LogP contribution >= 0.6 is 23.1 Å². The molecule has 3 aromatic rings. The fourth-order valence-corrected chi connectivity index (χ4v) is 4.33. The lowest BCUT2D eigenvalue weighted by Crippen LogP contribution is -2.35. The highest BCUT2D eigenvalue weighted by molar-refractivity contribution is 7.98. The van der Waals surface area contributed by atoms with Crippen LogP contribution in [0, 0.1) is 0 Å². The normalized spacial score (nSPS) is 14.4. The van der Waals surface area contributed by atoms with Crippen molar-refractivity contribution >= 4 is 23.1 Å². The first-order valence-corrected chi connectivity index (χ1v) is 10.2. The summed E-state index contributed by atoms with van der Waals surface area (Å²) in [6, 6.07) is 10.2. The Labute approximate surface area is 154 Å². The topological polar surface area (TPSA) is 61.9 Å². The lowest BCUT2D eigenvalue weighted by Gasteiger charge is -2.27. The Morgan fingerprint density at radius 1 is 1.32 bits per heavy atom. The van der Waals surface area contributed by atoms with Crippen molar-refractivity contribution in [3.8, 4) is 11.3 Å². The molecule has 1 aliphatic rings. The number of thioether (sulfide) groups is 1. The molecule has 1 N–H and O–H groups in total. The molecule has 1 aliphatic heterocycles. The second kappa shape index (κ2) is 7.11. The molecule has 0 saturated heterocycles. The predicted molar refractivity (Wildman–Crippen MR) is 102 cm³/mol. The largest absolute Gasteiger partial charge is 0.301 e. The van der Waals surface area contributed by atoms with Crippen molar-refractivity contribution in [2.75, 3.05) is 12.8 Å². The first kappa shape index (κ1) is 16.5. The zero-order valence-electron chi connectivity index (χ0n) is 13.9.